The Balaban J connectivity index is 1.28. The molecule has 4 heterocycles. The molecule has 1 fully saturated rings. The summed E-state index contributed by atoms with van der Waals surface area (Å²) in [7, 11) is 0. The zero-order valence-electron chi connectivity index (χ0n) is 18.9. The van der Waals surface area contributed by atoms with Crippen LogP contribution in [0.5, 0.6) is 0 Å². The van der Waals surface area contributed by atoms with Crippen molar-refractivity contribution in [2.45, 2.75) is 25.6 Å². The first-order valence-electron chi connectivity index (χ1n) is 11.5. The summed E-state index contributed by atoms with van der Waals surface area (Å²) in [6, 6.07) is 10.9. The number of hydrogen-bond donors (Lipinski definition) is 1. The fraction of sp³-hybridized carbons (Fsp3) is 0.308. The molecule has 0 aliphatic carbocycles. The number of halogens is 4. The fourth-order valence-electron chi connectivity index (χ4n) is 4.48. The summed E-state index contributed by atoms with van der Waals surface area (Å²) in [6.45, 7) is 3.35. The average molecular weight is 501 g/mol. The third-order valence-electron chi connectivity index (χ3n) is 6.44. The van der Waals surface area contributed by atoms with E-state index >= 15 is 0 Å². The molecule has 0 saturated carbocycles. The van der Waals surface area contributed by atoms with E-state index in [9.17, 15) is 17.6 Å². The summed E-state index contributed by atoms with van der Waals surface area (Å²) in [5, 5.41) is 7.71. The van der Waals surface area contributed by atoms with Crippen LogP contribution < -0.4 is 5.32 Å². The number of nitrogens with zero attached hydrogens (tertiary/aromatic N) is 3. The lowest BCUT2D eigenvalue weighted by molar-refractivity contribution is -0.140. The molecule has 182 valence electrons. The number of likely N-dealkylation sites (tertiary alicyclic amines) is 1. The van der Waals surface area contributed by atoms with Gasteiger partial charge in [-0.05, 0) is 84.1 Å². The molecule has 1 N–H and O–H groups in total. The van der Waals surface area contributed by atoms with E-state index in [0.29, 0.717) is 34.7 Å². The van der Waals surface area contributed by atoms with Gasteiger partial charge in [0.2, 0.25) is 0 Å². The molecule has 9 heteroatoms. The van der Waals surface area contributed by atoms with Crippen LogP contribution in [-0.4, -0.2) is 34.5 Å². The molecular weight excluding hydrogens is 476 g/mol. The highest BCUT2D eigenvalue weighted by Crippen LogP contribution is 2.35. The van der Waals surface area contributed by atoms with Crippen molar-refractivity contribution in [2.24, 2.45) is 5.92 Å². The van der Waals surface area contributed by atoms with Crippen molar-refractivity contribution in [2.75, 3.05) is 25.0 Å². The molecule has 1 aromatic carbocycles. The van der Waals surface area contributed by atoms with Crippen LogP contribution in [0, 0.1) is 11.7 Å². The lowest BCUT2D eigenvalue weighted by Gasteiger charge is -2.32. The number of fused-ring (bicyclic) bond motifs is 1. The Morgan fingerprint density at radius 1 is 1.03 bits per heavy atom. The Morgan fingerprint density at radius 3 is 2.49 bits per heavy atom. The molecule has 4 aromatic rings. The molecule has 0 spiro atoms. The lowest BCUT2D eigenvalue weighted by atomic mass is 9.96. The highest BCUT2D eigenvalue weighted by molar-refractivity contribution is 7.08. The Morgan fingerprint density at radius 2 is 1.80 bits per heavy atom. The molecule has 0 bridgehead atoms. The average Bonchev–Trinajstić information content (AvgIpc) is 3.39. The Kier molecular flexibility index (Phi) is 6.71. The normalized spacial score (nSPS) is 15.5. The fourth-order valence-corrected chi connectivity index (χ4v) is 5.14. The molecule has 0 atom stereocenters. The zero-order valence-corrected chi connectivity index (χ0v) is 19.7. The highest BCUT2D eigenvalue weighted by Gasteiger charge is 2.33. The summed E-state index contributed by atoms with van der Waals surface area (Å²) < 4.78 is 53.2. The Bertz CT molecular complexity index is 1280. The van der Waals surface area contributed by atoms with Gasteiger partial charge in [0.15, 0.2) is 0 Å². The van der Waals surface area contributed by atoms with E-state index in [1.807, 2.05) is 29.0 Å². The van der Waals surface area contributed by atoms with Gasteiger partial charge in [0.25, 0.3) is 0 Å². The SMILES string of the molecule is Fc1ccc(CN2CCC(CNc3ncc(-c4ccsc4)c4nc(C(F)(F)F)ccc34)CC2)cc1. The van der Waals surface area contributed by atoms with E-state index in [4.69, 9.17) is 0 Å². The summed E-state index contributed by atoms with van der Waals surface area (Å²) in [6.07, 6.45) is -0.921. The summed E-state index contributed by atoms with van der Waals surface area (Å²) >= 11 is 1.47. The number of piperidine rings is 1. The van der Waals surface area contributed by atoms with Crippen molar-refractivity contribution in [1.29, 1.82) is 0 Å². The van der Waals surface area contributed by atoms with Crippen molar-refractivity contribution in [1.82, 2.24) is 14.9 Å². The maximum absolute atomic E-state index is 13.4. The van der Waals surface area contributed by atoms with Crippen LogP contribution in [-0.2, 0) is 12.7 Å². The molecule has 1 aliphatic rings. The number of benzene rings is 1. The van der Waals surface area contributed by atoms with Crippen LogP contribution in [0.15, 0.2) is 59.4 Å². The number of hydrogen-bond acceptors (Lipinski definition) is 5. The summed E-state index contributed by atoms with van der Waals surface area (Å²) in [5.74, 6) is 0.747. The smallest absolute Gasteiger partial charge is 0.369 e. The van der Waals surface area contributed by atoms with Gasteiger partial charge in [-0.1, -0.05) is 12.1 Å². The number of rotatable bonds is 6. The molecule has 1 saturated heterocycles. The van der Waals surface area contributed by atoms with Gasteiger partial charge in [-0.25, -0.2) is 14.4 Å². The van der Waals surface area contributed by atoms with E-state index < -0.39 is 11.9 Å². The van der Waals surface area contributed by atoms with Crippen LogP contribution in [0.1, 0.15) is 24.1 Å². The first-order valence-corrected chi connectivity index (χ1v) is 12.4. The highest BCUT2D eigenvalue weighted by atomic mass is 32.1. The van der Waals surface area contributed by atoms with Gasteiger partial charge in [-0.3, -0.25) is 4.90 Å². The molecule has 0 unspecified atom stereocenters. The molecule has 4 nitrogen and oxygen atoms in total. The van der Waals surface area contributed by atoms with Crippen molar-refractivity contribution in [3.05, 3.63) is 76.5 Å². The van der Waals surface area contributed by atoms with Crippen LogP contribution in [0.2, 0.25) is 0 Å². The molecular formula is C26H24F4N4S. The molecule has 0 amide bonds. The van der Waals surface area contributed by atoms with Gasteiger partial charge >= 0.3 is 6.18 Å². The third-order valence-corrected chi connectivity index (χ3v) is 7.12. The lowest BCUT2D eigenvalue weighted by Crippen LogP contribution is -2.35. The molecule has 3 aromatic heterocycles. The van der Waals surface area contributed by atoms with E-state index in [2.05, 4.69) is 20.2 Å². The predicted octanol–water partition coefficient (Wildman–Crippen LogP) is 6.84. The summed E-state index contributed by atoms with van der Waals surface area (Å²) in [4.78, 5) is 10.9. The van der Waals surface area contributed by atoms with Crippen LogP contribution in [0.25, 0.3) is 22.0 Å². The van der Waals surface area contributed by atoms with E-state index in [1.54, 1.807) is 6.20 Å². The van der Waals surface area contributed by atoms with E-state index in [0.717, 1.165) is 49.7 Å². The standard InChI is InChI=1S/C26H24F4N4S/c27-20-3-1-18(2-4-20)15-34-10-7-17(8-11-34)13-31-25-21-5-6-23(26(28,29)30)33-24(21)22(14-32-25)19-9-12-35-16-19/h1-6,9,12,14,16-17H,7-8,10-11,13,15H2,(H,31,32). The number of pyridine rings is 2. The Hall–Kier alpha value is -3.04. The number of thiophene rings is 1. The van der Waals surface area contributed by atoms with Gasteiger partial charge in [0.05, 0.1) is 5.52 Å². The van der Waals surface area contributed by atoms with Gasteiger partial charge in [0.1, 0.15) is 17.3 Å². The minimum Gasteiger partial charge on any atom is -0.369 e. The molecule has 1 aliphatic heterocycles. The number of anilines is 1. The predicted molar refractivity (Wildman–Crippen MR) is 131 cm³/mol. The van der Waals surface area contributed by atoms with Gasteiger partial charge in [-0.15, -0.1) is 0 Å². The quantitative estimate of drug-likeness (QED) is 0.294. The van der Waals surface area contributed by atoms with Gasteiger partial charge in [-0.2, -0.15) is 24.5 Å². The van der Waals surface area contributed by atoms with Crippen LogP contribution in [0.4, 0.5) is 23.4 Å². The second kappa shape index (κ2) is 9.91. The number of aromatic nitrogens is 2. The minimum absolute atomic E-state index is 0.229. The molecule has 35 heavy (non-hydrogen) atoms. The molecule has 0 radical (unpaired) electrons. The minimum atomic E-state index is -4.52. The van der Waals surface area contributed by atoms with Crippen molar-refractivity contribution < 1.29 is 17.6 Å². The first kappa shape index (κ1) is 23.7. The van der Waals surface area contributed by atoms with Crippen molar-refractivity contribution in [3.8, 4) is 11.1 Å². The number of nitrogens with one attached hydrogen (secondary N) is 1. The Labute approximate surface area is 204 Å². The van der Waals surface area contributed by atoms with E-state index in [-0.39, 0.29) is 5.82 Å². The third kappa shape index (κ3) is 5.46. The van der Waals surface area contributed by atoms with Crippen molar-refractivity contribution in [3.63, 3.8) is 0 Å². The molecule has 5 rings (SSSR count). The largest absolute Gasteiger partial charge is 0.433 e. The zero-order chi connectivity index (χ0) is 24.4. The van der Waals surface area contributed by atoms with Crippen molar-refractivity contribution >= 4 is 28.1 Å². The first-order chi connectivity index (χ1) is 16.9. The maximum Gasteiger partial charge on any atom is 0.433 e. The monoisotopic (exact) mass is 500 g/mol. The van der Waals surface area contributed by atoms with Crippen LogP contribution >= 0.6 is 11.3 Å². The van der Waals surface area contributed by atoms with Gasteiger partial charge < -0.3 is 5.32 Å². The van der Waals surface area contributed by atoms with Crippen LogP contribution in [0.3, 0.4) is 0 Å². The number of alkyl halides is 3. The summed E-state index contributed by atoms with van der Waals surface area (Å²) in [5.41, 5.74) is 1.87. The maximum atomic E-state index is 13.4. The topological polar surface area (TPSA) is 41.0 Å². The van der Waals surface area contributed by atoms with E-state index in [1.165, 1.54) is 29.5 Å². The second-order valence-corrected chi connectivity index (χ2v) is 9.63. The second-order valence-electron chi connectivity index (χ2n) is 8.85. The van der Waals surface area contributed by atoms with Gasteiger partial charge in [0, 0.05) is 30.2 Å².